The Bertz CT molecular complexity index is 340. The lowest BCUT2D eigenvalue weighted by Crippen LogP contribution is -2.39. The third-order valence-electron chi connectivity index (χ3n) is 3.81. The number of rotatable bonds is 7. The molecule has 3 nitrogen and oxygen atoms in total. The first kappa shape index (κ1) is 17.3. The average Bonchev–Trinajstić information content (AvgIpc) is 2.47. The van der Waals surface area contributed by atoms with E-state index in [-0.39, 0.29) is 12.4 Å². The van der Waals surface area contributed by atoms with Crippen LogP contribution in [0.4, 0.5) is 0 Å². The fourth-order valence-corrected chi connectivity index (χ4v) is 2.57. The molecule has 0 atom stereocenters. The predicted molar refractivity (Wildman–Crippen MR) is 86.9 cm³/mol. The number of likely N-dealkylation sites (tertiary alicyclic amines) is 1. The quantitative estimate of drug-likeness (QED) is 0.838. The highest BCUT2D eigenvalue weighted by Crippen LogP contribution is 2.16. The van der Waals surface area contributed by atoms with Crippen molar-refractivity contribution >= 4 is 12.4 Å². The van der Waals surface area contributed by atoms with Gasteiger partial charge in [-0.15, -0.1) is 12.4 Å². The molecule has 1 aromatic carbocycles. The van der Waals surface area contributed by atoms with Gasteiger partial charge in [0.15, 0.2) is 0 Å². The Labute approximate surface area is 129 Å². The first-order valence-electron chi connectivity index (χ1n) is 7.49. The molecule has 2 rings (SSSR count). The van der Waals surface area contributed by atoms with Crippen molar-refractivity contribution in [2.45, 2.75) is 19.8 Å². The van der Waals surface area contributed by atoms with Crippen molar-refractivity contribution in [1.29, 1.82) is 0 Å². The summed E-state index contributed by atoms with van der Waals surface area (Å²) in [5, 5.41) is 3.45. The van der Waals surface area contributed by atoms with Crippen molar-refractivity contribution in [1.82, 2.24) is 10.2 Å². The maximum Gasteiger partial charge on any atom is 0.119 e. The third kappa shape index (κ3) is 6.12. The van der Waals surface area contributed by atoms with Gasteiger partial charge >= 0.3 is 0 Å². The molecular weight excluding hydrogens is 272 g/mol. The summed E-state index contributed by atoms with van der Waals surface area (Å²) < 4.78 is 5.75. The highest BCUT2D eigenvalue weighted by molar-refractivity contribution is 5.85. The molecule has 0 amide bonds. The molecule has 1 saturated heterocycles. The van der Waals surface area contributed by atoms with Crippen molar-refractivity contribution in [3.05, 3.63) is 30.3 Å². The van der Waals surface area contributed by atoms with E-state index in [1.54, 1.807) is 0 Å². The fourth-order valence-electron chi connectivity index (χ4n) is 2.57. The predicted octanol–water partition coefficient (Wildman–Crippen LogP) is 2.81. The zero-order chi connectivity index (χ0) is 13.3. The van der Waals surface area contributed by atoms with Crippen LogP contribution in [0.5, 0.6) is 5.75 Å². The molecule has 0 saturated carbocycles. The first-order chi connectivity index (χ1) is 9.38. The molecule has 0 unspecified atom stereocenters. The summed E-state index contributed by atoms with van der Waals surface area (Å²) >= 11 is 0. The van der Waals surface area contributed by atoms with Crippen molar-refractivity contribution in [2.24, 2.45) is 5.92 Å². The second-order valence-electron chi connectivity index (χ2n) is 5.25. The van der Waals surface area contributed by atoms with Crippen LogP contribution in [0, 0.1) is 5.92 Å². The van der Waals surface area contributed by atoms with E-state index in [2.05, 4.69) is 17.1 Å². The number of hydrogen-bond donors (Lipinski definition) is 1. The lowest BCUT2D eigenvalue weighted by atomic mass is 9.97. The van der Waals surface area contributed by atoms with Crippen molar-refractivity contribution < 1.29 is 4.74 Å². The number of ether oxygens (including phenoxy) is 1. The number of nitrogens with one attached hydrogen (secondary N) is 1. The van der Waals surface area contributed by atoms with Gasteiger partial charge in [-0.05, 0) is 57.1 Å². The Morgan fingerprint density at radius 2 is 1.90 bits per heavy atom. The lowest BCUT2D eigenvalue weighted by molar-refractivity contribution is 0.154. The minimum absolute atomic E-state index is 0. The first-order valence-corrected chi connectivity index (χ1v) is 7.49. The molecule has 4 heteroatoms. The van der Waals surface area contributed by atoms with Crippen LogP contribution in [0.3, 0.4) is 0 Å². The normalized spacial score (nSPS) is 16.6. The minimum Gasteiger partial charge on any atom is -0.492 e. The Kier molecular flexibility index (Phi) is 8.67. The molecule has 114 valence electrons. The van der Waals surface area contributed by atoms with Crippen LogP contribution in [0.25, 0.3) is 0 Å². The second kappa shape index (κ2) is 10.0. The summed E-state index contributed by atoms with van der Waals surface area (Å²) in [7, 11) is 0. The SMILES string of the molecule is CCNCC1CCN(CCOc2ccccc2)CC1.Cl. The third-order valence-corrected chi connectivity index (χ3v) is 3.81. The van der Waals surface area contributed by atoms with Crippen LogP contribution in [0.15, 0.2) is 30.3 Å². The number of piperidine rings is 1. The summed E-state index contributed by atoms with van der Waals surface area (Å²) in [5.41, 5.74) is 0. The highest BCUT2D eigenvalue weighted by atomic mass is 35.5. The molecule has 1 aliphatic rings. The van der Waals surface area contributed by atoms with E-state index in [4.69, 9.17) is 4.74 Å². The van der Waals surface area contributed by atoms with Gasteiger partial charge in [-0.25, -0.2) is 0 Å². The van der Waals surface area contributed by atoms with E-state index in [0.29, 0.717) is 0 Å². The van der Waals surface area contributed by atoms with Gasteiger partial charge in [-0.2, -0.15) is 0 Å². The standard InChI is InChI=1S/C16H26N2O.ClH/c1-2-17-14-15-8-10-18(11-9-15)12-13-19-16-6-4-3-5-7-16;/h3-7,15,17H,2,8-14H2,1H3;1H. The smallest absolute Gasteiger partial charge is 0.119 e. The topological polar surface area (TPSA) is 24.5 Å². The van der Waals surface area contributed by atoms with E-state index < -0.39 is 0 Å². The summed E-state index contributed by atoms with van der Waals surface area (Å²) in [4.78, 5) is 2.52. The summed E-state index contributed by atoms with van der Waals surface area (Å²) in [6, 6.07) is 10.1. The summed E-state index contributed by atoms with van der Waals surface area (Å²) in [6.45, 7) is 8.72. The average molecular weight is 299 g/mol. The molecule has 1 aliphatic heterocycles. The number of para-hydroxylation sites is 1. The molecule has 1 aromatic rings. The van der Waals surface area contributed by atoms with Crippen LogP contribution in [-0.2, 0) is 0 Å². The Balaban J connectivity index is 0.00000200. The number of hydrogen-bond acceptors (Lipinski definition) is 3. The lowest BCUT2D eigenvalue weighted by Gasteiger charge is -2.31. The van der Waals surface area contributed by atoms with Gasteiger partial charge in [0.05, 0.1) is 0 Å². The number of nitrogens with zero attached hydrogens (tertiary/aromatic N) is 1. The van der Waals surface area contributed by atoms with E-state index >= 15 is 0 Å². The van der Waals surface area contributed by atoms with Crippen LogP contribution in [0.1, 0.15) is 19.8 Å². The zero-order valence-electron chi connectivity index (χ0n) is 12.4. The molecular formula is C16H27ClN2O. The van der Waals surface area contributed by atoms with Crippen molar-refractivity contribution in [2.75, 3.05) is 39.3 Å². The number of halogens is 1. The fraction of sp³-hybridized carbons (Fsp3) is 0.625. The van der Waals surface area contributed by atoms with Crippen LogP contribution in [-0.4, -0.2) is 44.2 Å². The molecule has 1 fully saturated rings. The van der Waals surface area contributed by atoms with Gasteiger partial charge in [-0.3, -0.25) is 4.90 Å². The van der Waals surface area contributed by atoms with E-state index in [0.717, 1.165) is 31.4 Å². The molecule has 0 bridgehead atoms. The van der Waals surface area contributed by atoms with Crippen molar-refractivity contribution in [3.8, 4) is 5.75 Å². The summed E-state index contributed by atoms with van der Waals surface area (Å²) in [6.07, 6.45) is 2.64. The van der Waals surface area contributed by atoms with E-state index in [1.165, 1.54) is 32.5 Å². The molecule has 0 aromatic heterocycles. The van der Waals surface area contributed by atoms with Gasteiger partial charge in [0.25, 0.3) is 0 Å². The molecule has 20 heavy (non-hydrogen) atoms. The number of benzene rings is 1. The molecule has 0 spiro atoms. The van der Waals surface area contributed by atoms with Crippen LogP contribution in [0.2, 0.25) is 0 Å². The zero-order valence-corrected chi connectivity index (χ0v) is 13.2. The molecule has 1 N–H and O–H groups in total. The Morgan fingerprint density at radius 1 is 1.20 bits per heavy atom. The highest BCUT2D eigenvalue weighted by Gasteiger charge is 2.18. The summed E-state index contributed by atoms with van der Waals surface area (Å²) in [5.74, 6) is 1.84. The molecule has 0 radical (unpaired) electrons. The molecule has 1 heterocycles. The maximum absolute atomic E-state index is 5.75. The van der Waals surface area contributed by atoms with Gasteiger partial charge in [0.2, 0.25) is 0 Å². The minimum atomic E-state index is 0. The van der Waals surface area contributed by atoms with Crippen LogP contribution < -0.4 is 10.1 Å². The van der Waals surface area contributed by atoms with Gasteiger partial charge < -0.3 is 10.1 Å². The Morgan fingerprint density at radius 3 is 2.55 bits per heavy atom. The van der Waals surface area contributed by atoms with E-state index in [9.17, 15) is 0 Å². The van der Waals surface area contributed by atoms with Gasteiger partial charge in [0.1, 0.15) is 12.4 Å². The van der Waals surface area contributed by atoms with Crippen LogP contribution >= 0.6 is 12.4 Å². The largest absolute Gasteiger partial charge is 0.492 e. The van der Waals surface area contributed by atoms with Gasteiger partial charge in [-0.1, -0.05) is 25.1 Å². The van der Waals surface area contributed by atoms with E-state index in [1.807, 2.05) is 30.3 Å². The Hall–Kier alpha value is -0.770. The monoisotopic (exact) mass is 298 g/mol. The maximum atomic E-state index is 5.75. The molecule has 0 aliphatic carbocycles. The van der Waals surface area contributed by atoms with Crippen molar-refractivity contribution in [3.63, 3.8) is 0 Å². The second-order valence-corrected chi connectivity index (χ2v) is 5.25. The van der Waals surface area contributed by atoms with Gasteiger partial charge in [0, 0.05) is 6.54 Å².